The van der Waals surface area contributed by atoms with E-state index in [1.807, 2.05) is 0 Å². The van der Waals surface area contributed by atoms with E-state index in [1.54, 1.807) is 9.80 Å². The van der Waals surface area contributed by atoms with Crippen molar-refractivity contribution in [3.63, 3.8) is 0 Å². The summed E-state index contributed by atoms with van der Waals surface area (Å²) < 4.78 is 107. The van der Waals surface area contributed by atoms with E-state index in [0.29, 0.717) is 12.3 Å². The van der Waals surface area contributed by atoms with E-state index in [2.05, 4.69) is 9.71 Å². The van der Waals surface area contributed by atoms with Crippen molar-refractivity contribution in [2.24, 2.45) is 0 Å². The van der Waals surface area contributed by atoms with Crippen molar-refractivity contribution in [2.75, 3.05) is 40.7 Å². The predicted octanol–water partition coefficient (Wildman–Crippen LogP) is 6.55. The molecule has 2 heterocycles. The Morgan fingerprint density at radius 2 is 1.37 bits per heavy atom. The number of nitrogens with one attached hydrogen (secondary N) is 1. The zero-order chi connectivity index (χ0) is 27.9. The molecule has 204 valence electrons. The van der Waals surface area contributed by atoms with Crippen LogP contribution in [0.3, 0.4) is 0 Å². The normalized spacial score (nSPS) is 15.1. The molecule has 6 nitrogen and oxygen atoms in total. The second-order valence-electron chi connectivity index (χ2n) is 8.29. The third-order valence-corrected chi connectivity index (χ3v) is 7.67. The van der Waals surface area contributed by atoms with E-state index in [9.17, 15) is 34.8 Å². The van der Waals surface area contributed by atoms with Gasteiger partial charge in [-0.1, -0.05) is 23.2 Å². The fourth-order valence-corrected chi connectivity index (χ4v) is 5.34. The minimum atomic E-state index is -4.72. The second-order valence-corrected chi connectivity index (χ2v) is 10.8. The Labute approximate surface area is 223 Å². The lowest BCUT2D eigenvalue weighted by molar-refractivity contribution is -0.138. The van der Waals surface area contributed by atoms with Crippen LogP contribution in [0.15, 0.2) is 59.6 Å². The molecule has 3 aromatic rings. The summed E-state index contributed by atoms with van der Waals surface area (Å²) >= 11 is 11.8. The molecular weight excluding hydrogens is 581 g/mol. The smallest absolute Gasteiger partial charge is 0.366 e. The number of benzene rings is 2. The summed E-state index contributed by atoms with van der Waals surface area (Å²) in [5, 5.41) is 0.0865. The number of nitrogens with zero attached hydrogens (tertiary/aromatic N) is 3. The van der Waals surface area contributed by atoms with Gasteiger partial charge in [0.25, 0.3) is 10.0 Å². The molecule has 0 saturated carbocycles. The molecule has 1 aliphatic heterocycles. The monoisotopic (exact) mass is 598 g/mol. The highest BCUT2D eigenvalue weighted by Gasteiger charge is 2.34. The number of pyridine rings is 1. The molecule has 0 amide bonds. The van der Waals surface area contributed by atoms with Crippen LogP contribution in [0, 0.1) is 0 Å². The van der Waals surface area contributed by atoms with Gasteiger partial charge in [-0.2, -0.15) is 26.3 Å². The average molecular weight is 599 g/mol. The molecule has 0 bridgehead atoms. The van der Waals surface area contributed by atoms with Gasteiger partial charge in [0.2, 0.25) is 0 Å². The summed E-state index contributed by atoms with van der Waals surface area (Å²) in [6.07, 6.45) is -8.65. The lowest BCUT2D eigenvalue weighted by atomic mass is 10.1. The van der Waals surface area contributed by atoms with Crippen molar-refractivity contribution in [1.82, 2.24) is 4.98 Å². The highest BCUT2D eigenvalue weighted by Crippen LogP contribution is 2.38. The van der Waals surface area contributed by atoms with Crippen LogP contribution in [0.25, 0.3) is 0 Å². The Balaban J connectivity index is 1.59. The molecule has 1 N–H and O–H groups in total. The topological polar surface area (TPSA) is 65.5 Å². The van der Waals surface area contributed by atoms with E-state index in [4.69, 9.17) is 23.2 Å². The minimum absolute atomic E-state index is 0.135. The van der Waals surface area contributed by atoms with Crippen LogP contribution in [0.4, 0.5) is 43.5 Å². The Morgan fingerprint density at radius 1 is 0.789 bits per heavy atom. The summed E-state index contributed by atoms with van der Waals surface area (Å²) in [6.45, 7) is 0.811. The van der Waals surface area contributed by atoms with E-state index in [-0.39, 0.29) is 58.3 Å². The van der Waals surface area contributed by atoms with Gasteiger partial charge in [-0.25, -0.2) is 13.4 Å². The van der Waals surface area contributed by atoms with E-state index >= 15 is 0 Å². The SMILES string of the molecule is O=S(=O)(Nc1cc(C(F)(F)F)ccc1N1CCN(c2ncc(C(F)(F)F)cc2Cl)CC1)c1ccc(Cl)cc1. The van der Waals surface area contributed by atoms with Crippen LogP contribution in [0.1, 0.15) is 11.1 Å². The number of piperazine rings is 1. The van der Waals surface area contributed by atoms with Crippen LogP contribution in [-0.2, 0) is 22.4 Å². The molecule has 1 fully saturated rings. The Hall–Kier alpha value is -2.90. The van der Waals surface area contributed by atoms with E-state index in [0.717, 1.165) is 12.1 Å². The van der Waals surface area contributed by atoms with Gasteiger partial charge in [-0.3, -0.25) is 4.72 Å². The molecule has 0 atom stereocenters. The van der Waals surface area contributed by atoms with Gasteiger partial charge >= 0.3 is 12.4 Å². The third kappa shape index (κ3) is 6.21. The molecule has 0 unspecified atom stereocenters. The van der Waals surface area contributed by atoms with Crippen LogP contribution < -0.4 is 14.5 Å². The van der Waals surface area contributed by atoms with Crippen LogP contribution in [0.2, 0.25) is 10.0 Å². The average Bonchev–Trinajstić information content (AvgIpc) is 2.83. The summed E-state index contributed by atoms with van der Waals surface area (Å²) in [5.74, 6) is 0.135. The highest BCUT2D eigenvalue weighted by atomic mass is 35.5. The van der Waals surface area contributed by atoms with Crippen molar-refractivity contribution >= 4 is 50.4 Å². The van der Waals surface area contributed by atoms with Crippen molar-refractivity contribution < 1.29 is 34.8 Å². The fraction of sp³-hybridized carbons (Fsp3) is 0.261. The van der Waals surface area contributed by atoms with Crippen LogP contribution >= 0.6 is 23.2 Å². The summed E-state index contributed by atoms with van der Waals surface area (Å²) in [5.41, 5.74) is -2.13. The maximum absolute atomic E-state index is 13.4. The number of hydrogen-bond acceptors (Lipinski definition) is 5. The van der Waals surface area contributed by atoms with E-state index in [1.165, 1.54) is 30.3 Å². The summed E-state index contributed by atoms with van der Waals surface area (Å²) in [4.78, 5) is 6.94. The molecule has 0 radical (unpaired) electrons. The van der Waals surface area contributed by atoms with Crippen molar-refractivity contribution in [3.8, 4) is 0 Å². The first-order valence-corrected chi connectivity index (χ1v) is 13.1. The molecular formula is C23H18Cl2F6N4O2S. The fourth-order valence-electron chi connectivity index (χ4n) is 3.86. The van der Waals surface area contributed by atoms with Crippen LogP contribution in [0.5, 0.6) is 0 Å². The lowest BCUT2D eigenvalue weighted by Crippen LogP contribution is -2.47. The first-order valence-electron chi connectivity index (χ1n) is 10.9. The maximum Gasteiger partial charge on any atom is 0.417 e. The third-order valence-electron chi connectivity index (χ3n) is 5.76. The predicted molar refractivity (Wildman–Crippen MR) is 132 cm³/mol. The van der Waals surface area contributed by atoms with Gasteiger partial charge in [0, 0.05) is 37.4 Å². The molecule has 1 aliphatic rings. The number of hydrogen-bond donors (Lipinski definition) is 1. The summed E-state index contributed by atoms with van der Waals surface area (Å²) in [6, 6.07) is 8.61. The van der Waals surface area contributed by atoms with Crippen molar-refractivity contribution in [3.05, 3.63) is 75.9 Å². The van der Waals surface area contributed by atoms with Gasteiger partial charge in [0.15, 0.2) is 0 Å². The van der Waals surface area contributed by atoms with Gasteiger partial charge < -0.3 is 9.80 Å². The Bertz CT molecular complexity index is 1430. The largest absolute Gasteiger partial charge is 0.417 e. The number of halogens is 8. The maximum atomic E-state index is 13.4. The van der Waals surface area contributed by atoms with Gasteiger partial charge in [0.1, 0.15) is 5.82 Å². The number of alkyl halides is 6. The van der Waals surface area contributed by atoms with Gasteiger partial charge in [-0.15, -0.1) is 0 Å². The molecule has 1 saturated heterocycles. The van der Waals surface area contributed by atoms with Crippen molar-refractivity contribution in [1.29, 1.82) is 0 Å². The zero-order valence-electron chi connectivity index (χ0n) is 19.1. The van der Waals surface area contributed by atoms with Crippen LogP contribution in [-0.4, -0.2) is 39.6 Å². The first-order chi connectivity index (χ1) is 17.6. The molecule has 0 spiro atoms. The Kier molecular flexibility index (Phi) is 7.65. The lowest BCUT2D eigenvalue weighted by Gasteiger charge is -2.38. The quantitative estimate of drug-likeness (QED) is 0.337. The molecule has 4 rings (SSSR count). The number of anilines is 3. The number of aromatic nitrogens is 1. The standard InChI is InChI=1S/C23H18Cl2F6N4O2S/c24-16-2-4-17(5-3-16)38(36,37)33-19-12-14(22(26,27)28)1-6-20(19)34-7-9-35(10-8-34)21-18(25)11-15(13-32-21)23(29,30)31/h1-6,11-13,33H,7-10H2. The molecule has 38 heavy (non-hydrogen) atoms. The first kappa shape index (κ1) is 28.1. The molecule has 0 aliphatic carbocycles. The molecule has 2 aromatic carbocycles. The summed E-state index contributed by atoms with van der Waals surface area (Å²) in [7, 11) is -4.26. The number of rotatable bonds is 5. The minimum Gasteiger partial charge on any atom is -0.366 e. The highest BCUT2D eigenvalue weighted by molar-refractivity contribution is 7.92. The van der Waals surface area contributed by atoms with E-state index < -0.39 is 33.5 Å². The van der Waals surface area contributed by atoms with Gasteiger partial charge in [-0.05, 0) is 48.5 Å². The zero-order valence-corrected chi connectivity index (χ0v) is 21.4. The molecule has 1 aromatic heterocycles. The second kappa shape index (κ2) is 10.3. The number of sulfonamides is 1. The van der Waals surface area contributed by atoms with Gasteiger partial charge in [0.05, 0.1) is 32.4 Å². The Morgan fingerprint density at radius 3 is 1.92 bits per heavy atom. The van der Waals surface area contributed by atoms with Crippen molar-refractivity contribution in [2.45, 2.75) is 17.2 Å². The molecule has 15 heteroatoms.